The molecule has 0 N–H and O–H groups in total. The van der Waals surface area contributed by atoms with Crippen LogP contribution in [0.2, 0.25) is 0 Å². The monoisotopic (exact) mass is 895 g/mol. The van der Waals surface area contributed by atoms with Gasteiger partial charge in [-0.3, -0.25) is 14.4 Å². The molecule has 0 aliphatic carbocycles. The van der Waals surface area contributed by atoms with Crippen LogP contribution in [-0.4, -0.2) is 37.2 Å². The lowest BCUT2D eigenvalue weighted by atomic mass is 10.0. The van der Waals surface area contributed by atoms with E-state index in [1.54, 1.807) is 0 Å². The first kappa shape index (κ1) is 61.1. The van der Waals surface area contributed by atoms with Crippen molar-refractivity contribution in [2.75, 3.05) is 13.2 Å². The van der Waals surface area contributed by atoms with E-state index >= 15 is 0 Å². The number of carbonyl (C=O) groups is 3. The Morgan fingerprint density at radius 3 is 1.08 bits per heavy atom. The normalized spacial score (nSPS) is 12.5. The lowest BCUT2D eigenvalue weighted by molar-refractivity contribution is -0.166. The van der Waals surface area contributed by atoms with Gasteiger partial charge >= 0.3 is 17.9 Å². The number of esters is 3. The van der Waals surface area contributed by atoms with Crippen LogP contribution in [0.25, 0.3) is 0 Å². The predicted octanol–water partition coefficient (Wildman–Crippen LogP) is 18.0. The lowest BCUT2D eigenvalue weighted by Gasteiger charge is -2.18. The van der Waals surface area contributed by atoms with Gasteiger partial charge in [0.05, 0.1) is 0 Å². The van der Waals surface area contributed by atoms with Crippen LogP contribution >= 0.6 is 0 Å². The van der Waals surface area contributed by atoms with Crippen LogP contribution in [0.5, 0.6) is 0 Å². The van der Waals surface area contributed by atoms with Crippen LogP contribution in [-0.2, 0) is 28.6 Å². The molecule has 0 amide bonds. The molecule has 0 rings (SSSR count). The number of ether oxygens (including phenoxy) is 3. The number of unbranched alkanes of at least 4 members (excludes halogenated alkanes) is 30. The number of hydrogen-bond donors (Lipinski definition) is 0. The van der Waals surface area contributed by atoms with Gasteiger partial charge in [-0.25, -0.2) is 0 Å². The molecular formula is C58H102O6. The molecule has 0 bridgehead atoms. The second-order valence-corrected chi connectivity index (χ2v) is 18.2. The van der Waals surface area contributed by atoms with Crippen molar-refractivity contribution in [2.45, 2.75) is 277 Å². The number of rotatable bonds is 49. The molecule has 0 fully saturated rings. The quantitative estimate of drug-likeness (QED) is 0.0199. The van der Waals surface area contributed by atoms with Crippen molar-refractivity contribution >= 4 is 17.9 Å². The molecule has 0 saturated carbocycles. The van der Waals surface area contributed by atoms with E-state index in [1.165, 1.54) is 154 Å². The third kappa shape index (κ3) is 50.1. The van der Waals surface area contributed by atoms with E-state index in [0.29, 0.717) is 19.3 Å². The fraction of sp³-hybridized carbons (Fsp3) is 0.776. The molecule has 1 unspecified atom stereocenters. The molecule has 6 nitrogen and oxygen atoms in total. The molecular weight excluding hydrogens is 793 g/mol. The first-order valence-electron chi connectivity index (χ1n) is 27.3. The summed E-state index contributed by atoms with van der Waals surface area (Å²) in [6.07, 6.45) is 65.0. The van der Waals surface area contributed by atoms with Gasteiger partial charge in [-0.2, -0.15) is 0 Å². The van der Waals surface area contributed by atoms with Crippen molar-refractivity contribution in [3.63, 3.8) is 0 Å². The molecule has 1 atom stereocenters. The maximum atomic E-state index is 12.8. The molecule has 64 heavy (non-hydrogen) atoms. The van der Waals surface area contributed by atoms with E-state index < -0.39 is 6.10 Å². The van der Waals surface area contributed by atoms with E-state index in [2.05, 4.69) is 75.5 Å². The summed E-state index contributed by atoms with van der Waals surface area (Å²) in [7, 11) is 0. The molecule has 0 aromatic heterocycles. The minimum absolute atomic E-state index is 0.0999. The number of allylic oxidation sites excluding steroid dienone is 10. The third-order valence-electron chi connectivity index (χ3n) is 11.8. The molecule has 0 heterocycles. The second kappa shape index (κ2) is 52.7. The smallest absolute Gasteiger partial charge is 0.306 e. The first-order valence-corrected chi connectivity index (χ1v) is 27.3. The van der Waals surface area contributed by atoms with Gasteiger partial charge in [-0.05, 0) is 64.2 Å². The van der Waals surface area contributed by atoms with Crippen LogP contribution in [0.1, 0.15) is 271 Å². The standard InChI is InChI=1S/C58H102O6/c1-4-7-10-13-16-19-22-25-27-28-29-31-33-36-39-42-45-48-51-57(60)63-54-55(53-62-56(59)50-47-44-41-38-35-32-24-21-18-15-12-9-6-3)64-58(61)52-49-46-43-40-37-34-30-26-23-20-17-14-11-8-5-2/h22,25,27-29,31-32,35,41,44,55H,4-21,23-24,26,30,33-34,36-40,42-43,45-54H2,1-3H3/b25-22+,28-27+,31-29+,35-32+,44-41+. The molecule has 0 aromatic rings. The van der Waals surface area contributed by atoms with Gasteiger partial charge in [0.15, 0.2) is 6.10 Å². The zero-order chi connectivity index (χ0) is 46.5. The summed E-state index contributed by atoms with van der Waals surface area (Å²) in [6.45, 7) is 6.56. The Morgan fingerprint density at radius 2 is 0.656 bits per heavy atom. The Kier molecular flexibility index (Phi) is 50.4. The van der Waals surface area contributed by atoms with Crippen molar-refractivity contribution in [3.8, 4) is 0 Å². The van der Waals surface area contributed by atoms with Crippen molar-refractivity contribution in [1.29, 1.82) is 0 Å². The van der Waals surface area contributed by atoms with E-state index in [-0.39, 0.29) is 37.5 Å². The van der Waals surface area contributed by atoms with Gasteiger partial charge in [0.2, 0.25) is 0 Å². The van der Waals surface area contributed by atoms with Crippen LogP contribution in [0, 0.1) is 0 Å². The average Bonchev–Trinajstić information content (AvgIpc) is 3.29. The highest BCUT2D eigenvalue weighted by Crippen LogP contribution is 2.15. The summed E-state index contributed by atoms with van der Waals surface area (Å²) in [4.78, 5) is 38.0. The van der Waals surface area contributed by atoms with Crippen LogP contribution in [0.3, 0.4) is 0 Å². The van der Waals surface area contributed by atoms with Crippen molar-refractivity contribution in [2.24, 2.45) is 0 Å². The Bertz CT molecular complexity index is 1170. The Hall–Kier alpha value is -2.89. The minimum Gasteiger partial charge on any atom is -0.462 e. The minimum atomic E-state index is -0.802. The summed E-state index contributed by atoms with van der Waals surface area (Å²) in [5, 5.41) is 0. The molecule has 370 valence electrons. The molecule has 0 saturated heterocycles. The summed E-state index contributed by atoms with van der Waals surface area (Å²) < 4.78 is 16.8. The second-order valence-electron chi connectivity index (χ2n) is 18.2. The van der Waals surface area contributed by atoms with Crippen molar-refractivity contribution in [1.82, 2.24) is 0 Å². The fourth-order valence-corrected chi connectivity index (χ4v) is 7.67. The van der Waals surface area contributed by atoms with Crippen LogP contribution in [0.4, 0.5) is 0 Å². The van der Waals surface area contributed by atoms with E-state index in [0.717, 1.165) is 70.6 Å². The molecule has 6 heteroatoms. The van der Waals surface area contributed by atoms with Gasteiger partial charge in [0.1, 0.15) is 13.2 Å². The zero-order valence-electron chi connectivity index (χ0n) is 42.3. The maximum absolute atomic E-state index is 12.8. The topological polar surface area (TPSA) is 78.9 Å². The Balaban J connectivity index is 4.45. The SMILES string of the molecule is CCCCCCC/C=C/C=C/C=C/CCCCCCCC(=O)OCC(COC(=O)CC/C=C/C/C=C/CCCCCCCC)OC(=O)CCCCCCCCCCCCCCCCC. The molecule has 0 spiro atoms. The first-order chi connectivity index (χ1) is 31.5. The summed E-state index contributed by atoms with van der Waals surface area (Å²) in [5.74, 6) is -0.979. The molecule has 0 aliphatic heterocycles. The molecule has 0 aliphatic rings. The summed E-state index contributed by atoms with van der Waals surface area (Å²) >= 11 is 0. The number of hydrogen-bond acceptors (Lipinski definition) is 6. The fourth-order valence-electron chi connectivity index (χ4n) is 7.67. The zero-order valence-corrected chi connectivity index (χ0v) is 42.3. The van der Waals surface area contributed by atoms with Gasteiger partial charge in [-0.1, -0.05) is 248 Å². The van der Waals surface area contributed by atoms with E-state index in [1.807, 2.05) is 6.08 Å². The van der Waals surface area contributed by atoms with Crippen molar-refractivity contribution < 1.29 is 28.6 Å². The Labute approximate surface area is 396 Å². The van der Waals surface area contributed by atoms with Crippen LogP contribution in [0.15, 0.2) is 60.8 Å². The lowest BCUT2D eigenvalue weighted by Crippen LogP contribution is -2.30. The van der Waals surface area contributed by atoms with Crippen LogP contribution < -0.4 is 0 Å². The van der Waals surface area contributed by atoms with Gasteiger partial charge in [0, 0.05) is 19.3 Å². The van der Waals surface area contributed by atoms with Gasteiger partial charge < -0.3 is 14.2 Å². The van der Waals surface area contributed by atoms with Gasteiger partial charge in [0.25, 0.3) is 0 Å². The maximum Gasteiger partial charge on any atom is 0.306 e. The highest BCUT2D eigenvalue weighted by Gasteiger charge is 2.19. The Morgan fingerprint density at radius 1 is 0.328 bits per heavy atom. The van der Waals surface area contributed by atoms with Gasteiger partial charge in [-0.15, -0.1) is 0 Å². The van der Waals surface area contributed by atoms with Crippen molar-refractivity contribution in [3.05, 3.63) is 60.8 Å². The highest BCUT2D eigenvalue weighted by molar-refractivity contribution is 5.71. The third-order valence-corrected chi connectivity index (χ3v) is 11.8. The molecule has 0 radical (unpaired) electrons. The molecule has 0 aromatic carbocycles. The predicted molar refractivity (Wildman–Crippen MR) is 275 cm³/mol. The summed E-state index contributed by atoms with van der Waals surface area (Å²) in [6, 6.07) is 0. The largest absolute Gasteiger partial charge is 0.462 e. The average molecular weight is 895 g/mol. The van der Waals surface area contributed by atoms with E-state index in [9.17, 15) is 14.4 Å². The number of carbonyl (C=O) groups excluding carboxylic acids is 3. The summed E-state index contributed by atoms with van der Waals surface area (Å²) in [5.41, 5.74) is 0. The van der Waals surface area contributed by atoms with E-state index in [4.69, 9.17) is 14.2 Å². The highest BCUT2D eigenvalue weighted by atomic mass is 16.6.